The van der Waals surface area contributed by atoms with E-state index in [9.17, 15) is 0 Å². The Morgan fingerprint density at radius 2 is 2.07 bits per heavy atom. The van der Waals surface area contributed by atoms with E-state index in [-0.39, 0.29) is 6.10 Å². The molecule has 2 aromatic rings. The van der Waals surface area contributed by atoms with Crippen molar-refractivity contribution in [1.29, 1.82) is 0 Å². The summed E-state index contributed by atoms with van der Waals surface area (Å²) in [5, 5.41) is 3.95. The predicted molar refractivity (Wildman–Crippen MR) is 49.6 cm³/mol. The highest BCUT2D eigenvalue weighted by Crippen LogP contribution is 2.34. The molecular formula is C11H9NO2. The highest BCUT2D eigenvalue weighted by molar-refractivity contribution is 5.31. The number of aromatic nitrogens is 1. The van der Waals surface area contributed by atoms with Crippen LogP contribution < -0.4 is 0 Å². The van der Waals surface area contributed by atoms with Gasteiger partial charge in [0.1, 0.15) is 18.1 Å². The van der Waals surface area contributed by atoms with Gasteiger partial charge >= 0.3 is 0 Å². The molecule has 0 amide bonds. The molecule has 1 aromatic carbocycles. The lowest BCUT2D eigenvalue weighted by molar-refractivity contribution is 0.0863. The van der Waals surface area contributed by atoms with E-state index in [1.54, 1.807) is 6.26 Å². The van der Waals surface area contributed by atoms with Crippen molar-refractivity contribution in [3.63, 3.8) is 0 Å². The van der Waals surface area contributed by atoms with Gasteiger partial charge in [0, 0.05) is 5.56 Å². The third-order valence-electron chi connectivity index (χ3n) is 2.43. The van der Waals surface area contributed by atoms with Crippen LogP contribution in [0.5, 0.6) is 0 Å². The summed E-state index contributed by atoms with van der Waals surface area (Å²) in [6, 6.07) is 10.1. The molecule has 0 N–H and O–H groups in total. The molecule has 0 saturated carbocycles. The quantitative estimate of drug-likeness (QED) is 0.687. The summed E-state index contributed by atoms with van der Waals surface area (Å²) in [6.07, 6.45) is 1.60. The minimum atomic E-state index is -0.0510. The molecule has 3 nitrogen and oxygen atoms in total. The molecular weight excluding hydrogens is 178 g/mol. The van der Waals surface area contributed by atoms with Gasteiger partial charge in [0.15, 0.2) is 0 Å². The summed E-state index contributed by atoms with van der Waals surface area (Å²) in [7, 11) is 0. The molecule has 1 aliphatic rings. The maximum atomic E-state index is 5.63. The van der Waals surface area contributed by atoms with Gasteiger partial charge in [-0.05, 0) is 5.56 Å². The minimum absolute atomic E-state index is 0.0510. The van der Waals surface area contributed by atoms with Crippen LogP contribution >= 0.6 is 0 Å². The minimum Gasteiger partial charge on any atom is -0.364 e. The Balaban J connectivity index is 2.03. The summed E-state index contributed by atoms with van der Waals surface area (Å²) in [5.41, 5.74) is 3.09. The third-order valence-corrected chi connectivity index (χ3v) is 2.43. The van der Waals surface area contributed by atoms with Crippen molar-refractivity contribution in [1.82, 2.24) is 5.16 Å². The number of hydrogen-bond acceptors (Lipinski definition) is 3. The molecule has 0 spiro atoms. The molecule has 70 valence electrons. The monoisotopic (exact) mass is 187 g/mol. The van der Waals surface area contributed by atoms with Gasteiger partial charge in [0.25, 0.3) is 0 Å². The summed E-state index contributed by atoms with van der Waals surface area (Å²) in [6.45, 7) is 0.596. The number of rotatable bonds is 1. The molecule has 0 bridgehead atoms. The lowest BCUT2D eigenvalue weighted by Crippen LogP contribution is -1.98. The zero-order valence-electron chi connectivity index (χ0n) is 7.51. The zero-order chi connectivity index (χ0) is 9.38. The Labute approximate surface area is 81.3 Å². The van der Waals surface area contributed by atoms with Crippen LogP contribution in [-0.4, -0.2) is 5.16 Å². The van der Waals surface area contributed by atoms with Crippen LogP contribution in [0.2, 0.25) is 0 Å². The first-order valence-corrected chi connectivity index (χ1v) is 4.55. The molecule has 1 aromatic heterocycles. The van der Waals surface area contributed by atoms with Gasteiger partial charge in [0.2, 0.25) is 0 Å². The van der Waals surface area contributed by atoms with Crippen molar-refractivity contribution in [2.75, 3.05) is 0 Å². The Bertz CT molecular complexity index is 436. The first-order valence-electron chi connectivity index (χ1n) is 4.55. The van der Waals surface area contributed by atoms with E-state index in [2.05, 4.69) is 5.16 Å². The maximum absolute atomic E-state index is 5.63. The van der Waals surface area contributed by atoms with Crippen molar-refractivity contribution in [2.45, 2.75) is 12.7 Å². The lowest BCUT2D eigenvalue weighted by atomic mass is 10.1. The molecule has 3 rings (SSSR count). The van der Waals surface area contributed by atoms with Gasteiger partial charge in [-0.3, -0.25) is 0 Å². The van der Waals surface area contributed by atoms with Crippen LogP contribution in [0.25, 0.3) is 0 Å². The number of benzene rings is 1. The molecule has 2 heterocycles. The van der Waals surface area contributed by atoms with Crippen molar-refractivity contribution in [3.05, 3.63) is 53.4 Å². The Morgan fingerprint density at radius 3 is 2.93 bits per heavy atom. The molecule has 0 fully saturated rings. The summed E-state index contributed by atoms with van der Waals surface area (Å²) in [5.74, 6) is 0. The van der Waals surface area contributed by atoms with Gasteiger partial charge in [0.05, 0.1) is 6.61 Å². The summed E-state index contributed by atoms with van der Waals surface area (Å²) < 4.78 is 10.5. The second-order valence-corrected chi connectivity index (χ2v) is 3.33. The van der Waals surface area contributed by atoms with Crippen LogP contribution in [0.15, 0.2) is 41.1 Å². The van der Waals surface area contributed by atoms with E-state index < -0.39 is 0 Å². The standard InChI is InChI=1S/C11H9NO2/c1-2-4-8(5-3-1)11-10-9(6-13-11)7-14-12-10/h1-5,7,11H,6H2/t11-/m1/s1. The predicted octanol–water partition coefficient (Wildman–Crippen LogP) is 2.29. The van der Waals surface area contributed by atoms with Gasteiger partial charge in [-0.25, -0.2) is 0 Å². The normalized spacial score (nSPS) is 19.6. The van der Waals surface area contributed by atoms with Crippen LogP contribution in [0.4, 0.5) is 0 Å². The van der Waals surface area contributed by atoms with Crippen LogP contribution in [0.1, 0.15) is 22.9 Å². The molecule has 0 unspecified atom stereocenters. The SMILES string of the molecule is c1ccc([C@H]2OCc3conc32)cc1. The van der Waals surface area contributed by atoms with Crippen LogP contribution in [0, 0.1) is 0 Å². The number of ether oxygens (including phenoxy) is 1. The van der Waals surface area contributed by atoms with Crippen LogP contribution in [-0.2, 0) is 11.3 Å². The number of fused-ring (bicyclic) bond motifs is 1. The smallest absolute Gasteiger partial charge is 0.129 e. The topological polar surface area (TPSA) is 35.3 Å². The van der Waals surface area contributed by atoms with Crippen molar-refractivity contribution >= 4 is 0 Å². The average molecular weight is 187 g/mol. The third kappa shape index (κ3) is 1.06. The van der Waals surface area contributed by atoms with Gasteiger partial charge in [-0.1, -0.05) is 35.5 Å². The molecule has 0 radical (unpaired) electrons. The first kappa shape index (κ1) is 7.76. The highest BCUT2D eigenvalue weighted by atomic mass is 16.5. The van der Waals surface area contributed by atoms with Crippen LogP contribution in [0.3, 0.4) is 0 Å². The number of nitrogens with zero attached hydrogens (tertiary/aromatic N) is 1. The van der Waals surface area contributed by atoms with Gasteiger partial charge in [-0.2, -0.15) is 0 Å². The molecule has 0 aliphatic carbocycles. The first-order chi connectivity index (χ1) is 6.95. The Morgan fingerprint density at radius 1 is 1.21 bits per heavy atom. The van der Waals surface area contributed by atoms with E-state index >= 15 is 0 Å². The fourth-order valence-corrected chi connectivity index (χ4v) is 1.72. The Hall–Kier alpha value is -1.61. The molecule has 1 aliphatic heterocycles. The second kappa shape index (κ2) is 2.96. The zero-order valence-corrected chi connectivity index (χ0v) is 7.51. The average Bonchev–Trinajstić information content (AvgIpc) is 2.79. The number of hydrogen-bond donors (Lipinski definition) is 0. The summed E-state index contributed by atoms with van der Waals surface area (Å²) >= 11 is 0. The summed E-state index contributed by atoms with van der Waals surface area (Å²) in [4.78, 5) is 0. The molecule has 1 atom stereocenters. The Kier molecular flexibility index (Phi) is 1.64. The van der Waals surface area contributed by atoms with E-state index in [1.807, 2.05) is 30.3 Å². The molecule has 14 heavy (non-hydrogen) atoms. The van der Waals surface area contributed by atoms with Crippen molar-refractivity contribution in [3.8, 4) is 0 Å². The fraction of sp³-hybridized carbons (Fsp3) is 0.182. The van der Waals surface area contributed by atoms with E-state index in [1.165, 1.54) is 0 Å². The van der Waals surface area contributed by atoms with E-state index in [0.29, 0.717) is 6.61 Å². The largest absolute Gasteiger partial charge is 0.364 e. The second-order valence-electron chi connectivity index (χ2n) is 3.33. The molecule has 3 heteroatoms. The fourth-order valence-electron chi connectivity index (χ4n) is 1.72. The van der Waals surface area contributed by atoms with Crippen molar-refractivity contribution < 1.29 is 9.26 Å². The van der Waals surface area contributed by atoms with Gasteiger partial charge in [-0.15, -0.1) is 0 Å². The molecule has 0 saturated heterocycles. The lowest BCUT2D eigenvalue weighted by Gasteiger charge is -2.08. The van der Waals surface area contributed by atoms with Gasteiger partial charge < -0.3 is 9.26 Å². The van der Waals surface area contributed by atoms with Crippen molar-refractivity contribution in [2.24, 2.45) is 0 Å². The van der Waals surface area contributed by atoms with E-state index in [0.717, 1.165) is 16.8 Å². The van der Waals surface area contributed by atoms with E-state index in [4.69, 9.17) is 9.26 Å². The maximum Gasteiger partial charge on any atom is 0.129 e. The highest BCUT2D eigenvalue weighted by Gasteiger charge is 2.28.